The van der Waals surface area contributed by atoms with Crippen LogP contribution in [0.4, 0.5) is 0 Å². The number of nitrogens with one attached hydrogen (secondary N) is 1. The van der Waals surface area contributed by atoms with Gasteiger partial charge in [0.1, 0.15) is 0 Å². The fourth-order valence-electron chi connectivity index (χ4n) is 4.17. The first-order chi connectivity index (χ1) is 9.42. The SMILES string of the molecule is c1ccc2c3c([nH]c2c1)[C@@H]1CCCC2=[N+]1[C@H](CO2)C3. The molecule has 0 spiro atoms. The Morgan fingerprint density at radius 3 is 3.21 bits per heavy atom. The fourth-order valence-corrected chi connectivity index (χ4v) is 4.17. The second-order valence-corrected chi connectivity index (χ2v) is 5.94. The number of hydrogen-bond acceptors (Lipinski definition) is 1. The van der Waals surface area contributed by atoms with Gasteiger partial charge in [-0.2, -0.15) is 4.58 Å². The molecule has 0 aliphatic carbocycles. The number of para-hydroxylation sites is 1. The topological polar surface area (TPSA) is 28.0 Å². The average Bonchev–Trinajstić information content (AvgIpc) is 3.03. The number of fused-ring (bicyclic) bond motifs is 4. The van der Waals surface area contributed by atoms with Crippen molar-refractivity contribution >= 4 is 16.8 Å². The molecular formula is C16H17N2O+. The Morgan fingerprint density at radius 2 is 2.21 bits per heavy atom. The highest BCUT2D eigenvalue weighted by molar-refractivity contribution is 5.85. The molecular weight excluding hydrogens is 236 g/mol. The molecule has 1 aromatic carbocycles. The molecule has 0 unspecified atom stereocenters. The summed E-state index contributed by atoms with van der Waals surface area (Å²) in [5.74, 6) is 1.24. The lowest BCUT2D eigenvalue weighted by Gasteiger charge is -2.26. The Balaban J connectivity index is 1.80. The number of H-pyrrole nitrogens is 1. The van der Waals surface area contributed by atoms with Gasteiger partial charge in [0.15, 0.2) is 18.7 Å². The third-order valence-corrected chi connectivity index (χ3v) is 4.95. The summed E-state index contributed by atoms with van der Waals surface area (Å²) < 4.78 is 8.47. The van der Waals surface area contributed by atoms with E-state index in [2.05, 4.69) is 33.8 Å². The van der Waals surface area contributed by atoms with Crippen LogP contribution in [0.5, 0.6) is 0 Å². The zero-order valence-electron chi connectivity index (χ0n) is 10.9. The summed E-state index contributed by atoms with van der Waals surface area (Å²) in [6.07, 6.45) is 4.75. The van der Waals surface area contributed by atoms with Crippen LogP contribution >= 0.6 is 0 Å². The van der Waals surface area contributed by atoms with Gasteiger partial charge in [-0.25, -0.2) is 0 Å². The van der Waals surface area contributed by atoms with Crippen molar-refractivity contribution < 1.29 is 9.31 Å². The van der Waals surface area contributed by atoms with E-state index < -0.39 is 0 Å². The Bertz CT molecular complexity index is 713. The summed E-state index contributed by atoms with van der Waals surface area (Å²) in [5, 5.41) is 1.41. The fraction of sp³-hybridized carbons (Fsp3) is 0.438. The molecule has 4 heterocycles. The molecule has 0 fully saturated rings. The molecule has 5 rings (SSSR count). The largest absolute Gasteiger partial charge is 0.441 e. The standard InChI is InChI=1S/C16H17N2O/c1-2-5-13-11(4-1)12-8-10-9-19-15-7-3-6-14(18(10)15)16(12)17-13/h1-2,4-5,10,14,17H,3,6-9H2/q+1/t10-,14-/m0/s1. The molecule has 0 radical (unpaired) electrons. The van der Waals surface area contributed by atoms with Gasteiger partial charge in [-0.1, -0.05) is 18.2 Å². The van der Waals surface area contributed by atoms with Crippen molar-refractivity contribution in [2.45, 2.75) is 37.8 Å². The van der Waals surface area contributed by atoms with Gasteiger partial charge in [-0.3, -0.25) is 0 Å². The summed E-state index contributed by atoms with van der Waals surface area (Å²) in [4.78, 5) is 3.67. The molecule has 0 bridgehead atoms. The smallest absolute Gasteiger partial charge is 0.337 e. The van der Waals surface area contributed by atoms with Gasteiger partial charge in [0.25, 0.3) is 0 Å². The number of aromatic nitrogens is 1. The number of aromatic amines is 1. The first-order valence-corrected chi connectivity index (χ1v) is 7.28. The van der Waals surface area contributed by atoms with Gasteiger partial charge < -0.3 is 9.72 Å². The maximum Gasteiger partial charge on any atom is 0.337 e. The number of benzene rings is 1. The van der Waals surface area contributed by atoms with Gasteiger partial charge in [-0.15, -0.1) is 0 Å². The molecule has 0 amide bonds. The van der Waals surface area contributed by atoms with E-state index in [-0.39, 0.29) is 0 Å². The van der Waals surface area contributed by atoms with Crippen LogP contribution < -0.4 is 0 Å². The van der Waals surface area contributed by atoms with Crippen LogP contribution in [0.25, 0.3) is 10.9 Å². The molecule has 2 atom stereocenters. The second-order valence-electron chi connectivity index (χ2n) is 5.94. The highest BCUT2D eigenvalue weighted by Gasteiger charge is 2.48. The lowest BCUT2D eigenvalue weighted by atomic mass is 9.89. The van der Waals surface area contributed by atoms with Crippen LogP contribution in [0.3, 0.4) is 0 Å². The van der Waals surface area contributed by atoms with E-state index in [9.17, 15) is 0 Å². The quantitative estimate of drug-likeness (QED) is 0.718. The molecule has 0 saturated heterocycles. The Labute approximate surface area is 111 Å². The molecule has 1 N–H and O–H groups in total. The first kappa shape index (κ1) is 10.1. The predicted molar refractivity (Wildman–Crippen MR) is 73.6 cm³/mol. The van der Waals surface area contributed by atoms with Gasteiger partial charge >= 0.3 is 5.90 Å². The van der Waals surface area contributed by atoms with Crippen molar-refractivity contribution in [2.24, 2.45) is 0 Å². The van der Waals surface area contributed by atoms with E-state index in [1.165, 1.54) is 40.9 Å². The van der Waals surface area contributed by atoms with Gasteiger partial charge in [0, 0.05) is 23.7 Å². The predicted octanol–water partition coefficient (Wildman–Crippen LogP) is 2.76. The Hall–Kier alpha value is -1.77. The molecule has 3 nitrogen and oxygen atoms in total. The van der Waals surface area contributed by atoms with Gasteiger partial charge in [-0.05, 0) is 18.1 Å². The van der Waals surface area contributed by atoms with Crippen molar-refractivity contribution in [1.29, 1.82) is 0 Å². The zero-order valence-corrected chi connectivity index (χ0v) is 10.9. The summed E-state index contributed by atoms with van der Waals surface area (Å²) >= 11 is 0. The van der Waals surface area contributed by atoms with Crippen molar-refractivity contribution in [2.75, 3.05) is 6.61 Å². The van der Waals surface area contributed by atoms with Gasteiger partial charge in [0.2, 0.25) is 0 Å². The van der Waals surface area contributed by atoms with Crippen molar-refractivity contribution in [3.63, 3.8) is 0 Å². The maximum atomic E-state index is 5.91. The minimum Gasteiger partial charge on any atom is -0.441 e. The molecule has 3 aliphatic rings. The molecule has 19 heavy (non-hydrogen) atoms. The van der Waals surface area contributed by atoms with Crippen LogP contribution in [-0.2, 0) is 11.2 Å². The van der Waals surface area contributed by atoms with E-state index in [1.807, 2.05) is 0 Å². The molecule has 3 heteroatoms. The number of hydrogen-bond donors (Lipinski definition) is 1. The minimum absolute atomic E-state index is 0.521. The van der Waals surface area contributed by atoms with Crippen LogP contribution in [0.1, 0.15) is 36.6 Å². The van der Waals surface area contributed by atoms with E-state index in [4.69, 9.17) is 4.74 Å². The van der Waals surface area contributed by atoms with Gasteiger partial charge in [0.05, 0.1) is 12.1 Å². The molecule has 3 aliphatic heterocycles. The summed E-state index contributed by atoms with van der Waals surface area (Å²) in [6.45, 7) is 0.880. The Kier molecular flexibility index (Phi) is 1.81. The van der Waals surface area contributed by atoms with Crippen LogP contribution in [0.15, 0.2) is 24.3 Å². The highest BCUT2D eigenvalue weighted by atomic mass is 16.5. The number of nitrogens with zero attached hydrogens (tertiary/aromatic N) is 1. The first-order valence-electron chi connectivity index (χ1n) is 7.28. The lowest BCUT2D eigenvalue weighted by Crippen LogP contribution is -2.38. The average molecular weight is 253 g/mol. The third-order valence-electron chi connectivity index (χ3n) is 4.95. The van der Waals surface area contributed by atoms with E-state index in [0.29, 0.717) is 12.1 Å². The van der Waals surface area contributed by atoms with E-state index in [1.54, 1.807) is 0 Å². The molecule has 0 saturated carbocycles. The van der Waals surface area contributed by atoms with E-state index in [0.717, 1.165) is 19.4 Å². The minimum atomic E-state index is 0.521. The molecule has 96 valence electrons. The molecule has 2 aromatic rings. The Morgan fingerprint density at radius 1 is 1.26 bits per heavy atom. The highest BCUT2D eigenvalue weighted by Crippen LogP contribution is 2.41. The summed E-state index contributed by atoms with van der Waals surface area (Å²) in [5.41, 5.74) is 4.27. The summed E-state index contributed by atoms with van der Waals surface area (Å²) in [7, 11) is 0. The number of rotatable bonds is 0. The van der Waals surface area contributed by atoms with Crippen LogP contribution in [0.2, 0.25) is 0 Å². The van der Waals surface area contributed by atoms with Crippen molar-refractivity contribution in [3.05, 3.63) is 35.5 Å². The monoisotopic (exact) mass is 253 g/mol. The van der Waals surface area contributed by atoms with Crippen molar-refractivity contribution in [1.82, 2.24) is 4.98 Å². The molecule has 1 aromatic heterocycles. The van der Waals surface area contributed by atoms with E-state index >= 15 is 0 Å². The normalized spacial score (nSPS) is 28.2. The van der Waals surface area contributed by atoms with Crippen LogP contribution in [-0.4, -0.2) is 28.1 Å². The lowest BCUT2D eigenvalue weighted by molar-refractivity contribution is -0.608. The second kappa shape index (κ2) is 3.41. The maximum absolute atomic E-state index is 5.91. The third kappa shape index (κ3) is 1.20. The van der Waals surface area contributed by atoms with Crippen molar-refractivity contribution in [3.8, 4) is 0 Å². The van der Waals surface area contributed by atoms with Crippen LogP contribution in [0, 0.1) is 0 Å². The number of ether oxygens (including phenoxy) is 1. The summed E-state index contributed by atoms with van der Waals surface area (Å²) in [6, 6.07) is 9.80. The zero-order chi connectivity index (χ0) is 12.4.